The van der Waals surface area contributed by atoms with E-state index in [2.05, 4.69) is 5.32 Å². The molecule has 0 amide bonds. The Hall–Kier alpha value is -1.23. The number of rotatable bonds is 4. The van der Waals surface area contributed by atoms with Crippen LogP contribution in [0.25, 0.3) is 0 Å². The zero-order chi connectivity index (χ0) is 10.6. The summed E-state index contributed by atoms with van der Waals surface area (Å²) in [5.74, 6) is -3.16. The van der Waals surface area contributed by atoms with Crippen molar-refractivity contribution < 1.29 is 18.3 Å². The Morgan fingerprint density at radius 2 is 1.71 bits per heavy atom. The number of anilines is 1. The van der Waals surface area contributed by atoms with E-state index in [0.717, 1.165) is 6.07 Å². The monoisotopic (exact) mass is 205 g/mol. The predicted octanol–water partition coefficient (Wildman–Crippen LogP) is 1.90. The van der Waals surface area contributed by atoms with Gasteiger partial charge in [-0.3, -0.25) is 0 Å². The predicted molar refractivity (Wildman–Crippen MR) is 46.5 cm³/mol. The van der Waals surface area contributed by atoms with Gasteiger partial charge in [-0.15, -0.1) is 0 Å². The van der Waals surface area contributed by atoms with Crippen molar-refractivity contribution >= 4 is 5.69 Å². The van der Waals surface area contributed by atoms with Crippen molar-refractivity contribution in [3.05, 3.63) is 29.6 Å². The van der Waals surface area contributed by atoms with Gasteiger partial charge in [-0.25, -0.2) is 13.2 Å². The van der Waals surface area contributed by atoms with Crippen LogP contribution in [0.5, 0.6) is 0 Å². The fourth-order valence-electron chi connectivity index (χ4n) is 0.960. The fourth-order valence-corrected chi connectivity index (χ4v) is 0.960. The smallest absolute Gasteiger partial charge is 0.161 e. The molecule has 0 aliphatic rings. The van der Waals surface area contributed by atoms with E-state index in [1.165, 1.54) is 0 Å². The van der Waals surface area contributed by atoms with E-state index in [9.17, 15) is 13.2 Å². The lowest BCUT2D eigenvalue weighted by molar-refractivity contribution is 0.292. The molecule has 5 heteroatoms. The second kappa shape index (κ2) is 4.85. The maximum atomic E-state index is 12.9. The Morgan fingerprint density at radius 1 is 1.07 bits per heavy atom. The van der Waals surface area contributed by atoms with Crippen molar-refractivity contribution in [2.24, 2.45) is 0 Å². The van der Waals surface area contributed by atoms with Crippen LogP contribution >= 0.6 is 0 Å². The van der Waals surface area contributed by atoms with Crippen LogP contribution in [0.4, 0.5) is 18.9 Å². The van der Waals surface area contributed by atoms with Crippen LogP contribution in [0, 0.1) is 17.5 Å². The molecule has 14 heavy (non-hydrogen) atoms. The van der Waals surface area contributed by atoms with Gasteiger partial charge in [0.15, 0.2) is 11.6 Å². The number of nitrogens with one attached hydrogen (secondary N) is 1. The molecule has 0 saturated heterocycles. The molecule has 0 unspecified atom stereocenters. The van der Waals surface area contributed by atoms with E-state index < -0.39 is 17.5 Å². The molecule has 0 atom stereocenters. The molecule has 0 aliphatic carbocycles. The first-order chi connectivity index (χ1) is 6.65. The van der Waals surface area contributed by atoms with E-state index in [-0.39, 0.29) is 12.3 Å². The third-order valence-corrected chi connectivity index (χ3v) is 1.66. The van der Waals surface area contributed by atoms with Crippen molar-refractivity contribution in [3.8, 4) is 0 Å². The number of halogens is 3. The molecular formula is C9H10F3NO. The molecule has 0 aromatic heterocycles. The summed E-state index contributed by atoms with van der Waals surface area (Å²) in [6, 6.07) is 1.23. The minimum Gasteiger partial charge on any atom is -0.396 e. The van der Waals surface area contributed by atoms with E-state index >= 15 is 0 Å². The zero-order valence-electron chi connectivity index (χ0n) is 7.36. The van der Waals surface area contributed by atoms with Crippen molar-refractivity contribution in [1.29, 1.82) is 0 Å². The van der Waals surface area contributed by atoms with Gasteiger partial charge >= 0.3 is 0 Å². The average Bonchev–Trinajstić information content (AvgIpc) is 2.14. The molecular weight excluding hydrogens is 195 g/mol. The van der Waals surface area contributed by atoms with Gasteiger partial charge in [0.05, 0.1) is 5.69 Å². The number of benzene rings is 1. The molecule has 0 fully saturated rings. The number of hydrogen-bond donors (Lipinski definition) is 2. The normalized spacial score (nSPS) is 10.3. The molecule has 0 heterocycles. The highest BCUT2D eigenvalue weighted by Crippen LogP contribution is 2.18. The van der Waals surface area contributed by atoms with Gasteiger partial charge in [0.1, 0.15) is 5.82 Å². The molecule has 0 radical (unpaired) electrons. The lowest BCUT2D eigenvalue weighted by atomic mass is 10.2. The largest absolute Gasteiger partial charge is 0.396 e. The van der Waals surface area contributed by atoms with Crippen LogP contribution in [0.1, 0.15) is 6.42 Å². The molecule has 2 N–H and O–H groups in total. The van der Waals surface area contributed by atoms with Gasteiger partial charge in [-0.1, -0.05) is 0 Å². The van der Waals surface area contributed by atoms with Gasteiger partial charge in [-0.05, 0) is 6.42 Å². The van der Waals surface area contributed by atoms with Crippen LogP contribution in [0.2, 0.25) is 0 Å². The highest BCUT2D eigenvalue weighted by Gasteiger charge is 2.08. The number of hydrogen-bond acceptors (Lipinski definition) is 2. The summed E-state index contributed by atoms with van der Waals surface area (Å²) in [5.41, 5.74) is -0.0997. The van der Waals surface area contributed by atoms with Crippen molar-refractivity contribution in [2.45, 2.75) is 6.42 Å². The minimum absolute atomic E-state index is 0.0434. The Bertz CT molecular complexity index is 317. The second-order valence-corrected chi connectivity index (χ2v) is 2.75. The van der Waals surface area contributed by atoms with Gasteiger partial charge in [0, 0.05) is 25.3 Å². The van der Waals surface area contributed by atoms with E-state index in [0.29, 0.717) is 19.0 Å². The zero-order valence-corrected chi connectivity index (χ0v) is 7.36. The molecule has 0 bridgehead atoms. The first kappa shape index (κ1) is 10.8. The average molecular weight is 205 g/mol. The maximum Gasteiger partial charge on any atom is 0.161 e. The number of aliphatic hydroxyl groups is 1. The fraction of sp³-hybridized carbons (Fsp3) is 0.333. The molecule has 1 aromatic rings. The molecule has 78 valence electrons. The molecule has 0 spiro atoms. The Morgan fingerprint density at radius 3 is 2.36 bits per heavy atom. The van der Waals surface area contributed by atoms with E-state index in [4.69, 9.17) is 5.11 Å². The standard InChI is InChI=1S/C9H10F3NO/c10-6-4-8(12)9(5-7(6)11)13-2-1-3-14/h4-5,13-14H,1-3H2. The summed E-state index contributed by atoms with van der Waals surface area (Å²) in [4.78, 5) is 0. The Kier molecular flexibility index (Phi) is 3.76. The SMILES string of the molecule is OCCCNc1cc(F)c(F)cc1F. The highest BCUT2D eigenvalue weighted by molar-refractivity contribution is 5.45. The molecule has 1 rings (SSSR count). The Balaban J connectivity index is 2.72. The number of aliphatic hydroxyl groups excluding tert-OH is 1. The highest BCUT2D eigenvalue weighted by atomic mass is 19.2. The van der Waals surface area contributed by atoms with Crippen molar-refractivity contribution in [2.75, 3.05) is 18.5 Å². The summed E-state index contributed by atoms with van der Waals surface area (Å²) >= 11 is 0. The van der Waals surface area contributed by atoms with Gasteiger partial charge in [-0.2, -0.15) is 0 Å². The lowest BCUT2D eigenvalue weighted by Crippen LogP contribution is -2.06. The first-order valence-corrected chi connectivity index (χ1v) is 4.14. The lowest BCUT2D eigenvalue weighted by Gasteiger charge is -2.06. The maximum absolute atomic E-state index is 12.9. The first-order valence-electron chi connectivity index (χ1n) is 4.14. The van der Waals surface area contributed by atoms with Gasteiger partial charge in [0.25, 0.3) is 0 Å². The van der Waals surface area contributed by atoms with E-state index in [1.807, 2.05) is 0 Å². The topological polar surface area (TPSA) is 32.3 Å². The van der Waals surface area contributed by atoms with Crippen LogP contribution in [0.3, 0.4) is 0 Å². The van der Waals surface area contributed by atoms with Crippen LogP contribution in [-0.2, 0) is 0 Å². The van der Waals surface area contributed by atoms with Crippen LogP contribution in [0.15, 0.2) is 12.1 Å². The summed E-state index contributed by atoms with van der Waals surface area (Å²) in [7, 11) is 0. The molecule has 0 aliphatic heterocycles. The van der Waals surface area contributed by atoms with Gasteiger partial charge < -0.3 is 10.4 Å². The minimum atomic E-state index is -1.21. The van der Waals surface area contributed by atoms with Gasteiger partial charge in [0.2, 0.25) is 0 Å². The van der Waals surface area contributed by atoms with Crippen LogP contribution in [-0.4, -0.2) is 18.3 Å². The van der Waals surface area contributed by atoms with Crippen molar-refractivity contribution in [3.63, 3.8) is 0 Å². The summed E-state index contributed by atoms with van der Waals surface area (Å²) in [6.07, 6.45) is 0.415. The van der Waals surface area contributed by atoms with Crippen molar-refractivity contribution in [1.82, 2.24) is 0 Å². The third kappa shape index (κ3) is 2.63. The Labute approximate surface area is 79.4 Å². The second-order valence-electron chi connectivity index (χ2n) is 2.75. The van der Waals surface area contributed by atoms with Crippen LogP contribution < -0.4 is 5.32 Å². The molecule has 1 aromatic carbocycles. The quantitative estimate of drug-likeness (QED) is 0.581. The third-order valence-electron chi connectivity index (χ3n) is 1.66. The summed E-state index contributed by atoms with van der Waals surface area (Å²) < 4.78 is 38.0. The summed E-state index contributed by atoms with van der Waals surface area (Å²) in [6.45, 7) is 0.261. The summed E-state index contributed by atoms with van der Waals surface area (Å²) in [5, 5.41) is 11.0. The van der Waals surface area contributed by atoms with E-state index in [1.54, 1.807) is 0 Å². The molecule has 2 nitrogen and oxygen atoms in total. The molecule has 0 saturated carbocycles.